The van der Waals surface area contributed by atoms with E-state index in [0.29, 0.717) is 41.4 Å². The molecule has 4 heterocycles. The third-order valence-corrected chi connectivity index (χ3v) is 7.81. The fraction of sp³-hybridized carbons (Fsp3) is 0.242. The second kappa shape index (κ2) is 12.5. The molecule has 11 nitrogen and oxygen atoms in total. The van der Waals surface area contributed by atoms with Crippen molar-refractivity contribution in [2.75, 3.05) is 41.8 Å². The number of rotatable bonds is 8. The minimum atomic E-state index is -0.232. The number of pyridine rings is 1. The van der Waals surface area contributed by atoms with E-state index in [4.69, 9.17) is 4.74 Å². The van der Waals surface area contributed by atoms with Gasteiger partial charge in [-0.2, -0.15) is 5.10 Å². The summed E-state index contributed by atoms with van der Waals surface area (Å²) in [6, 6.07) is 18.8. The van der Waals surface area contributed by atoms with E-state index in [-0.39, 0.29) is 17.9 Å². The summed E-state index contributed by atoms with van der Waals surface area (Å²) in [6.07, 6.45) is 4.81. The number of amides is 2. The van der Waals surface area contributed by atoms with Crippen LogP contribution in [-0.4, -0.2) is 57.7 Å². The van der Waals surface area contributed by atoms with Crippen molar-refractivity contribution in [2.45, 2.75) is 26.8 Å². The number of hydrogen-bond donors (Lipinski definition) is 3. The predicted molar refractivity (Wildman–Crippen MR) is 170 cm³/mol. The third kappa shape index (κ3) is 6.09. The Balaban J connectivity index is 1.21. The molecule has 224 valence electrons. The summed E-state index contributed by atoms with van der Waals surface area (Å²) in [5, 5.41) is 13.8. The van der Waals surface area contributed by atoms with E-state index in [9.17, 15) is 9.59 Å². The van der Waals surface area contributed by atoms with E-state index in [1.807, 2.05) is 69.3 Å². The Morgan fingerprint density at radius 1 is 0.955 bits per heavy atom. The number of carbonyl (C=O) groups excluding carboxylic acids is 2. The number of anilines is 4. The van der Waals surface area contributed by atoms with Gasteiger partial charge in [0.15, 0.2) is 5.82 Å². The predicted octanol–water partition coefficient (Wildman–Crippen LogP) is 5.06. The quantitative estimate of drug-likeness (QED) is 0.229. The summed E-state index contributed by atoms with van der Waals surface area (Å²) >= 11 is 0. The molecule has 0 saturated carbocycles. The van der Waals surface area contributed by atoms with Crippen LogP contribution in [0.4, 0.5) is 23.0 Å². The minimum Gasteiger partial charge on any atom is -0.378 e. The topological polar surface area (TPSA) is 126 Å². The second-order valence-electron chi connectivity index (χ2n) is 10.8. The average molecular weight is 591 g/mol. The molecule has 0 spiro atoms. The Morgan fingerprint density at radius 3 is 2.55 bits per heavy atom. The molecule has 1 saturated heterocycles. The van der Waals surface area contributed by atoms with Crippen molar-refractivity contribution in [1.29, 1.82) is 0 Å². The molecule has 11 heteroatoms. The lowest BCUT2D eigenvalue weighted by Crippen LogP contribution is -2.36. The molecule has 0 radical (unpaired) electrons. The van der Waals surface area contributed by atoms with Gasteiger partial charge in [-0.1, -0.05) is 36.4 Å². The van der Waals surface area contributed by atoms with E-state index in [0.717, 1.165) is 41.3 Å². The molecule has 44 heavy (non-hydrogen) atoms. The number of benzene rings is 2. The van der Waals surface area contributed by atoms with Crippen LogP contribution >= 0.6 is 0 Å². The maximum absolute atomic E-state index is 13.3. The molecule has 6 rings (SSSR count). The van der Waals surface area contributed by atoms with Crippen molar-refractivity contribution in [2.24, 2.45) is 0 Å². The van der Waals surface area contributed by atoms with Gasteiger partial charge in [0.05, 0.1) is 24.8 Å². The lowest BCUT2D eigenvalue weighted by atomic mass is 10.1. The van der Waals surface area contributed by atoms with Crippen molar-refractivity contribution in [3.05, 3.63) is 107 Å². The van der Waals surface area contributed by atoms with E-state index in [1.165, 1.54) is 6.33 Å². The zero-order valence-electron chi connectivity index (χ0n) is 24.9. The van der Waals surface area contributed by atoms with Crippen LogP contribution in [0.5, 0.6) is 0 Å². The van der Waals surface area contributed by atoms with Crippen LogP contribution in [0.2, 0.25) is 0 Å². The standard InChI is InChI=1S/C33H34N8O3/c1-21-9-10-26(38-32(42)25-11-12-34-29(17-25)40-13-15-44-16-14-40)18-28(21)39-31-30-22(2)27(19-41(30)36-20-35-31)33(43)37-23(3)24-7-5-4-6-8-24/h4-12,17-20,23H,13-16H2,1-3H3,(H,37,43)(H,38,42)(H,35,36,39)/t23-/m0/s1. The Morgan fingerprint density at radius 2 is 1.75 bits per heavy atom. The van der Waals surface area contributed by atoms with Gasteiger partial charge >= 0.3 is 0 Å². The van der Waals surface area contributed by atoms with Gasteiger partial charge in [0, 0.05) is 42.4 Å². The Labute approximate surface area is 255 Å². The highest BCUT2D eigenvalue weighted by Gasteiger charge is 2.20. The Bertz CT molecular complexity index is 1820. The SMILES string of the molecule is Cc1ccc(NC(=O)c2ccnc(N3CCOCC3)c2)cc1Nc1ncnn2cc(C(=O)N[C@@H](C)c3ccccc3)c(C)c12. The van der Waals surface area contributed by atoms with Gasteiger partial charge in [-0.25, -0.2) is 14.5 Å². The summed E-state index contributed by atoms with van der Waals surface area (Å²) in [5.41, 5.74) is 5.84. The minimum absolute atomic E-state index is 0.159. The molecular weight excluding hydrogens is 556 g/mol. The van der Waals surface area contributed by atoms with Gasteiger partial charge < -0.3 is 25.6 Å². The molecule has 2 aromatic carbocycles. The van der Waals surface area contributed by atoms with E-state index >= 15 is 0 Å². The number of ether oxygens (including phenoxy) is 1. The number of nitrogens with zero attached hydrogens (tertiary/aromatic N) is 5. The lowest BCUT2D eigenvalue weighted by molar-refractivity contribution is 0.0938. The van der Waals surface area contributed by atoms with Crippen LogP contribution in [-0.2, 0) is 4.74 Å². The molecule has 0 aliphatic carbocycles. The van der Waals surface area contributed by atoms with Crippen molar-refractivity contribution < 1.29 is 14.3 Å². The van der Waals surface area contributed by atoms with Crippen molar-refractivity contribution in [3.63, 3.8) is 0 Å². The highest BCUT2D eigenvalue weighted by Crippen LogP contribution is 2.29. The second-order valence-corrected chi connectivity index (χ2v) is 10.8. The van der Waals surface area contributed by atoms with Crippen molar-refractivity contribution in [3.8, 4) is 0 Å². The van der Waals surface area contributed by atoms with Crippen LogP contribution in [0, 0.1) is 13.8 Å². The monoisotopic (exact) mass is 590 g/mol. The van der Waals surface area contributed by atoms with Crippen LogP contribution in [0.1, 0.15) is 50.4 Å². The fourth-order valence-corrected chi connectivity index (χ4v) is 5.27. The number of aromatic nitrogens is 4. The number of carbonyl (C=O) groups is 2. The normalized spacial score (nSPS) is 13.8. The first-order chi connectivity index (χ1) is 21.4. The summed E-state index contributed by atoms with van der Waals surface area (Å²) in [4.78, 5) is 37.5. The van der Waals surface area contributed by atoms with Gasteiger partial charge in [0.1, 0.15) is 17.7 Å². The fourth-order valence-electron chi connectivity index (χ4n) is 5.27. The summed E-state index contributed by atoms with van der Waals surface area (Å²) < 4.78 is 7.09. The number of nitrogens with one attached hydrogen (secondary N) is 3. The number of aryl methyl sites for hydroxylation is 2. The van der Waals surface area contributed by atoms with E-state index < -0.39 is 0 Å². The zero-order valence-corrected chi connectivity index (χ0v) is 24.9. The van der Waals surface area contributed by atoms with Crippen molar-refractivity contribution in [1.82, 2.24) is 24.9 Å². The van der Waals surface area contributed by atoms with Gasteiger partial charge in [-0.3, -0.25) is 9.59 Å². The summed E-state index contributed by atoms with van der Waals surface area (Å²) in [6.45, 7) is 8.57. The van der Waals surface area contributed by atoms with Crippen LogP contribution in [0.25, 0.3) is 5.52 Å². The number of morpholine rings is 1. The van der Waals surface area contributed by atoms with Gasteiger partial charge in [-0.05, 0) is 61.7 Å². The molecule has 0 bridgehead atoms. The Kier molecular flexibility index (Phi) is 8.20. The third-order valence-electron chi connectivity index (χ3n) is 7.81. The number of hydrogen-bond acceptors (Lipinski definition) is 8. The van der Waals surface area contributed by atoms with Crippen molar-refractivity contribution >= 4 is 40.3 Å². The smallest absolute Gasteiger partial charge is 0.255 e. The molecule has 3 aromatic heterocycles. The molecule has 5 aromatic rings. The first-order valence-corrected chi connectivity index (χ1v) is 14.5. The molecule has 1 atom stereocenters. The summed E-state index contributed by atoms with van der Waals surface area (Å²) in [7, 11) is 0. The molecule has 1 aliphatic heterocycles. The summed E-state index contributed by atoms with van der Waals surface area (Å²) in [5.74, 6) is 0.877. The molecule has 2 amide bonds. The van der Waals surface area contributed by atoms with Gasteiger partial charge in [-0.15, -0.1) is 0 Å². The Hall–Kier alpha value is -5.29. The first-order valence-electron chi connectivity index (χ1n) is 14.5. The lowest BCUT2D eigenvalue weighted by Gasteiger charge is -2.27. The molecule has 1 aliphatic rings. The van der Waals surface area contributed by atoms with Gasteiger partial charge in [0.2, 0.25) is 0 Å². The number of fused-ring (bicyclic) bond motifs is 1. The molecule has 3 N–H and O–H groups in total. The maximum atomic E-state index is 13.3. The van der Waals surface area contributed by atoms with E-state index in [1.54, 1.807) is 29.0 Å². The van der Waals surface area contributed by atoms with E-state index in [2.05, 4.69) is 35.9 Å². The molecule has 0 unspecified atom stereocenters. The van der Waals surface area contributed by atoms with Crippen LogP contribution in [0.15, 0.2) is 79.4 Å². The largest absolute Gasteiger partial charge is 0.378 e. The van der Waals surface area contributed by atoms with Crippen LogP contribution < -0.4 is 20.9 Å². The highest BCUT2D eigenvalue weighted by atomic mass is 16.5. The maximum Gasteiger partial charge on any atom is 0.255 e. The van der Waals surface area contributed by atoms with Crippen LogP contribution in [0.3, 0.4) is 0 Å². The highest BCUT2D eigenvalue weighted by molar-refractivity contribution is 6.05. The van der Waals surface area contributed by atoms with Gasteiger partial charge in [0.25, 0.3) is 11.8 Å². The molecule has 1 fully saturated rings. The molecular formula is C33H34N8O3. The zero-order chi connectivity index (χ0) is 30.6. The first kappa shape index (κ1) is 28.8. The average Bonchev–Trinajstić information content (AvgIpc) is 3.40.